The van der Waals surface area contributed by atoms with Crippen LogP contribution in [0, 0.1) is 0 Å². The van der Waals surface area contributed by atoms with E-state index in [2.05, 4.69) is 15.9 Å². The SMILES string of the molecule is COc1ccc(C(CC(N)=O)C(=O)[O-])cc1Br. The van der Waals surface area contributed by atoms with Gasteiger partial charge in [-0.05, 0) is 33.6 Å². The van der Waals surface area contributed by atoms with Crippen LogP contribution in [0.25, 0.3) is 0 Å². The first-order valence-corrected chi connectivity index (χ1v) is 5.57. The lowest BCUT2D eigenvalue weighted by molar-refractivity contribution is -0.308. The second-order valence-electron chi connectivity index (χ2n) is 3.44. The number of halogens is 1. The van der Waals surface area contributed by atoms with Gasteiger partial charge in [-0.3, -0.25) is 4.79 Å². The zero-order chi connectivity index (χ0) is 13.0. The van der Waals surface area contributed by atoms with E-state index in [1.807, 2.05) is 0 Å². The van der Waals surface area contributed by atoms with Gasteiger partial charge in [0, 0.05) is 18.3 Å². The third-order valence-electron chi connectivity index (χ3n) is 2.27. The van der Waals surface area contributed by atoms with Crippen LogP contribution in [-0.2, 0) is 9.59 Å². The van der Waals surface area contributed by atoms with Crippen LogP contribution in [0.15, 0.2) is 22.7 Å². The number of aliphatic carboxylic acids is 1. The fourth-order valence-electron chi connectivity index (χ4n) is 1.44. The number of carboxylic acids is 1. The summed E-state index contributed by atoms with van der Waals surface area (Å²) in [5.41, 5.74) is 5.44. The summed E-state index contributed by atoms with van der Waals surface area (Å²) >= 11 is 3.24. The van der Waals surface area contributed by atoms with Gasteiger partial charge in [-0.15, -0.1) is 0 Å². The Morgan fingerprint density at radius 3 is 2.59 bits per heavy atom. The Hall–Kier alpha value is -1.56. The number of hydrogen-bond acceptors (Lipinski definition) is 4. The highest BCUT2D eigenvalue weighted by atomic mass is 79.9. The fraction of sp³-hybridized carbons (Fsp3) is 0.273. The molecule has 2 N–H and O–H groups in total. The maximum atomic E-state index is 10.9. The summed E-state index contributed by atoms with van der Waals surface area (Å²) in [6.45, 7) is 0. The second kappa shape index (κ2) is 5.67. The molecule has 0 fully saturated rings. The number of methoxy groups -OCH3 is 1. The molecule has 0 aliphatic heterocycles. The van der Waals surface area contributed by atoms with Crippen LogP contribution in [0.5, 0.6) is 5.75 Å². The molecule has 0 aromatic heterocycles. The van der Waals surface area contributed by atoms with Gasteiger partial charge in [0.2, 0.25) is 5.91 Å². The Labute approximate surface area is 107 Å². The van der Waals surface area contributed by atoms with E-state index in [-0.39, 0.29) is 6.42 Å². The molecule has 17 heavy (non-hydrogen) atoms. The molecular weight excluding hydrogens is 290 g/mol. The molecule has 6 heteroatoms. The standard InChI is InChI=1S/C11H12BrNO4/c1-17-9-3-2-6(4-8(9)12)7(11(15)16)5-10(13)14/h2-4,7H,5H2,1H3,(H2,13,14)(H,15,16)/p-1. The lowest BCUT2D eigenvalue weighted by Crippen LogP contribution is -2.32. The van der Waals surface area contributed by atoms with Gasteiger partial charge in [0.25, 0.3) is 0 Å². The summed E-state index contributed by atoms with van der Waals surface area (Å²) in [5.74, 6) is -2.49. The number of nitrogens with two attached hydrogens (primary N) is 1. The lowest BCUT2D eigenvalue weighted by atomic mass is 9.95. The highest BCUT2D eigenvalue weighted by molar-refractivity contribution is 9.10. The molecule has 1 atom stereocenters. The molecule has 1 rings (SSSR count). The lowest BCUT2D eigenvalue weighted by Gasteiger charge is -2.17. The first-order chi connectivity index (χ1) is 7.95. The van der Waals surface area contributed by atoms with Crippen molar-refractivity contribution in [2.24, 2.45) is 5.73 Å². The first-order valence-electron chi connectivity index (χ1n) is 4.78. The Morgan fingerprint density at radius 2 is 2.18 bits per heavy atom. The molecule has 0 radical (unpaired) electrons. The van der Waals surface area contributed by atoms with Crippen LogP contribution in [0.3, 0.4) is 0 Å². The first kappa shape index (κ1) is 13.5. The Morgan fingerprint density at radius 1 is 1.53 bits per heavy atom. The summed E-state index contributed by atoms with van der Waals surface area (Å²) in [5, 5.41) is 10.9. The van der Waals surface area contributed by atoms with Gasteiger partial charge in [0.05, 0.1) is 11.6 Å². The summed E-state index contributed by atoms with van der Waals surface area (Å²) in [4.78, 5) is 21.7. The molecule has 0 heterocycles. The van der Waals surface area contributed by atoms with Gasteiger partial charge in [0.15, 0.2) is 0 Å². The average molecular weight is 301 g/mol. The Bertz CT molecular complexity index is 447. The van der Waals surface area contributed by atoms with Gasteiger partial charge >= 0.3 is 0 Å². The van der Waals surface area contributed by atoms with E-state index in [1.54, 1.807) is 18.2 Å². The van der Waals surface area contributed by atoms with Crippen molar-refractivity contribution in [2.45, 2.75) is 12.3 Å². The average Bonchev–Trinajstić information content (AvgIpc) is 2.25. The van der Waals surface area contributed by atoms with Crippen molar-refractivity contribution >= 4 is 27.8 Å². The van der Waals surface area contributed by atoms with E-state index >= 15 is 0 Å². The molecule has 0 spiro atoms. The van der Waals surface area contributed by atoms with Crippen LogP contribution in [0.2, 0.25) is 0 Å². The van der Waals surface area contributed by atoms with Crippen molar-refractivity contribution in [3.05, 3.63) is 28.2 Å². The van der Waals surface area contributed by atoms with E-state index in [1.165, 1.54) is 7.11 Å². The van der Waals surface area contributed by atoms with Gasteiger partial charge < -0.3 is 20.4 Å². The normalized spacial score (nSPS) is 11.9. The topological polar surface area (TPSA) is 92.5 Å². The predicted octanol–water partition coefficient (Wildman–Crippen LogP) is 0.167. The van der Waals surface area contributed by atoms with Crippen molar-refractivity contribution in [2.75, 3.05) is 7.11 Å². The third-order valence-corrected chi connectivity index (χ3v) is 2.89. The number of hydrogen-bond donors (Lipinski definition) is 1. The number of ether oxygens (including phenoxy) is 1. The van der Waals surface area contributed by atoms with Gasteiger partial charge in [-0.25, -0.2) is 0 Å². The minimum atomic E-state index is -1.33. The number of carboxylic acid groups (broad SMARTS) is 1. The molecule has 1 aromatic rings. The van der Waals surface area contributed by atoms with Crippen LogP contribution >= 0.6 is 15.9 Å². The zero-order valence-electron chi connectivity index (χ0n) is 9.10. The molecule has 0 aliphatic rings. The van der Waals surface area contributed by atoms with Crippen LogP contribution in [0.4, 0.5) is 0 Å². The minimum absolute atomic E-state index is 0.291. The molecule has 0 aliphatic carbocycles. The van der Waals surface area contributed by atoms with Crippen LogP contribution in [-0.4, -0.2) is 19.0 Å². The van der Waals surface area contributed by atoms with Gasteiger partial charge in [-0.1, -0.05) is 6.07 Å². The third kappa shape index (κ3) is 3.45. The number of primary amides is 1. The number of carbonyl (C=O) groups is 2. The van der Waals surface area contributed by atoms with Crippen molar-refractivity contribution in [3.8, 4) is 5.75 Å². The molecule has 1 aromatic carbocycles. The highest BCUT2D eigenvalue weighted by Crippen LogP contribution is 2.29. The van der Waals surface area contributed by atoms with Crippen molar-refractivity contribution in [3.63, 3.8) is 0 Å². The van der Waals surface area contributed by atoms with E-state index < -0.39 is 17.8 Å². The number of amides is 1. The van der Waals surface area contributed by atoms with E-state index in [9.17, 15) is 14.7 Å². The summed E-state index contributed by atoms with van der Waals surface area (Å²) in [7, 11) is 1.50. The number of benzene rings is 1. The van der Waals surface area contributed by atoms with Crippen molar-refractivity contribution < 1.29 is 19.4 Å². The monoisotopic (exact) mass is 300 g/mol. The maximum Gasteiger partial charge on any atom is 0.218 e. The maximum absolute atomic E-state index is 10.9. The molecule has 0 bridgehead atoms. The summed E-state index contributed by atoms with van der Waals surface area (Å²) in [6.07, 6.45) is -0.291. The number of rotatable bonds is 5. The molecule has 5 nitrogen and oxygen atoms in total. The van der Waals surface area contributed by atoms with E-state index in [0.29, 0.717) is 15.8 Å². The van der Waals surface area contributed by atoms with Crippen molar-refractivity contribution in [1.29, 1.82) is 0 Å². The molecule has 0 saturated heterocycles. The Kier molecular flexibility index (Phi) is 4.51. The van der Waals surface area contributed by atoms with Crippen molar-refractivity contribution in [1.82, 2.24) is 0 Å². The van der Waals surface area contributed by atoms with Crippen LogP contribution in [0.1, 0.15) is 17.9 Å². The largest absolute Gasteiger partial charge is 0.549 e. The fourth-order valence-corrected chi connectivity index (χ4v) is 2.00. The molecular formula is C11H11BrNO4-. The summed E-state index contributed by atoms with van der Waals surface area (Å²) < 4.78 is 5.62. The molecule has 0 saturated carbocycles. The molecule has 92 valence electrons. The summed E-state index contributed by atoms with van der Waals surface area (Å²) in [6, 6.07) is 4.74. The second-order valence-corrected chi connectivity index (χ2v) is 4.29. The Balaban J connectivity index is 3.06. The predicted molar refractivity (Wildman–Crippen MR) is 62.3 cm³/mol. The zero-order valence-corrected chi connectivity index (χ0v) is 10.7. The minimum Gasteiger partial charge on any atom is -0.549 e. The quantitative estimate of drug-likeness (QED) is 0.839. The highest BCUT2D eigenvalue weighted by Gasteiger charge is 2.17. The van der Waals surface area contributed by atoms with Gasteiger partial charge in [-0.2, -0.15) is 0 Å². The van der Waals surface area contributed by atoms with E-state index in [0.717, 1.165) is 0 Å². The van der Waals surface area contributed by atoms with Gasteiger partial charge in [0.1, 0.15) is 5.75 Å². The van der Waals surface area contributed by atoms with E-state index in [4.69, 9.17) is 10.5 Å². The smallest absolute Gasteiger partial charge is 0.218 e. The molecule has 1 unspecified atom stereocenters. The molecule has 1 amide bonds. The van der Waals surface area contributed by atoms with Crippen LogP contribution < -0.4 is 15.6 Å². The number of carbonyl (C=O) groups excluding carboxylic acids is 2.